The van der Waals surface area contributed by atoms with Gasteiger partial charge in [0.15, 0.2) is 0 Å². The molecule has 1 aliphatic rings. The Labute approximate surface area is 77.8 Å². The Morgan fingerprint density at radius 3 is 2.85 bits per heavy atom. The number of hydrogen-bond donors (Lipinski definition) is 0. The van der Waals surface area contributed by atoms with Gasteiger partial charge in [0, 0.05) is 6.42 Å². The van der Waals surface area contributed by atoms with Crippen molar-refractivity contribution in [2.75, 3.05) is 19.8 Å². The average Bonchev–Trinajstić information content (AvgIpc) is 2.03. The Balaban J connectivity index is 2.49. The minimum absolute atomic E-state index is 0.0455. The number of amides is 2. The van der Waals surface area contributed by atoms with Crippen molar-refractivity contribution in [1.29, 1.82) is 0 Å². The highest BCUT2D eigenvalue weighted by Gasteiger charge is 2.24. The van der Waals surface area contributed by atoms with Gasteiger partial charge in [0.05, 0.1) is 13.2 Å². The Morgan fingerprint density at radius 2 is 2.31 bits per heavy atom. The first kappa shape index (κ1) is 10.2. The van der Waals surface area contributed by atoms with E-state index in [1.807, 2.05) is 13.8 Å². The van der Waals surface area contributed by atoms with Gasteiger partial charge in [-0.15, -0.1) is 0 Å². The molecule has 0 aromatic carbocycles. The lowest BCUT2D eigenvalue weighted by atomic mass is 10.1. The van der Waals surface area contributed by atoms with Crippen molar-refractivity contribution >= 4 is 11.8 Å². The summed E-state index contributed by atoms with van der Waals surface area (Å²) in [4.78, 5) is 24.0. The highest BCUT2D eigenvalue weighted by molar-refractivity contribution is 5.96. The van der Waals surface area contributed by atoms with Gasteiger partial charge in [-0.3, -0.25) is 14.5 Å². The zero-order valence-electron chi connectivity index (χ0n) is 8.08. The molecule has 0 unspecified atom stereocenters. The first-order valence-corrected chi connectivity index (χ1v) is 4.52. The molecule has 0 spiro atoms. The maximum atomic E-state index is 11.5. The highest BCUT2D eigenvalue weighted by atomic mass is 16.5. The van der Waals surface area contributed by atoms with Crippen molar-refractivity contribution in [3.05, 3.63) is 0 Å². The molecular formula is C9H15NO3. The van der Waals surface area contributed by atoms with Gasteiger partial charge >= 0.3 is 0 Å². The smallest absolute Gasteiger partial charge is 0.255 e. The SMILES string of the molecule is CC(C)CC(=O)N1CCOCC1=O. The van der Waals surface area contributed by atoms with E-state index in [9.17, 15) is 9.59 Å². The molecule has 0 aliphatic carbocycles. The minimum atomic E-state index is -0.211. The van der Waals surface area contributed by atoms with Crippen LogP contribution in [0.2, 0.25) is 0 Å². The topological polar surface area (TPSA) is 46.6 Å². The molecule has 1 aliphatic heterocycles. The van der Waals surface area contributed by atoms with Gasteiger partial charge in [-0.1, -0.05) is 13.8 Å². The Bertz CT molecular complexity index is 213. The van der Waals surface area contributed by atoms with E-state index in [0.717, 1.165) is 0 Å². The van der Waals surface area contributed by atoms with E-state index in [2.05, 4.69) is 0 Å². The molecule has 0 radical (unpaired) electrons. The number of rotatable bonds is 2. The summed E-state index contributed by atoms with van der Waals surface area (Å²) in [5.41, 5.74) is 0. The number of ether oxygens (including phenoxy) is 1. The second kappa shape index (κ2) is 4.37. The van der Waals surface area contributed by atoms with E-state index in [0.29, 0.717) is 25.5 Å². The third-order valence-electron chi connectivity index (χ3n) is 1.87. The molecule has 1 fully saturated rings. The van der Waals surface area contributed by atoms with E-state index in [4.69, 9.17) is 4.74 Å². The van der Waals surface area contributed by atoms with Crippen LogP contribution in [0.15, 0.2) is 0 Å². The summed E-state index contributed by atoms with van der Waals surface area (Å²) < 4.78 is 4.92. The second-order valence-corrected chi connectivity index (χ2v) is 3.59. The van der Waals surface area contributed by atoms with E-state index < -0.39 is 0 Å². The van der Waals surface area contributed by atoms with Crippen LogP contribution in [0, 0.1) is 5.92 Å². The van der Waals surface area contributed by atoms with Crippen molar-refractivity contribution in [2.24, 2.45) is 5.92 Å². The quantitative estimate of drug-likeness (QED) is 0.626. The molecule has 0 saturated carbocycles. The van der Waals surface area contributed by atoms with Gasteiger partial charge in [0.2, 0.25) is 5.91 Å². The van der Waals surface area contributed by atoms with Crippen molar-refractivity contribution < 1.29 is 14.3 Å². The Hall–Kier alpha value is -0.900. The maximum Gasteiger partial charge on any atom is 0.255 e. The Kier molecular flexibility index (Phi) is 3.42. The lowest BCUT2D eigenvalue weighted by Crippen LogP contribution is -2.45. The first-order chi connectivity index (χ1) is 6.11. The van der Waals surface area contributed by atoms with E-state index in [1.165, 1.54) is 4.90 Å². The van der Waals surface area contributed by atoms with Crippen LogP contribution in [0.5, 0.6) is 0 Å². The van der Waals surface area contributed by atoms with Crippen LogP contribution in [0.4, 0.5) is 0 Å². The molecule has 0 aromatic heterocycles. The number of carbonyl (C=O) groups excluding carboxylic acids is 2. The standard InChI is InChI=1S/C9H15NO3/c1-7(2)5-8(11)10-3-4-13-6-9(10)12/h7H,3-6H2,1-2H3. The Morgan fingerprint density at radius 1 is 1.62 bits per heavy atom. The van der Waals surface area contributed by atoms with Crippen molar-refractivity contribution in [3.8, 4) is 0 Å². The number of nitrogens with zero attached hydrogens (tertiary/aromatic N) is 1. The summed E-state index contributed by atoms with van der Waals surface area (Å²) in [6, 6.07) is 0. The summed E-state index contributed by atoms with van der Waals surface area (Å²) in [5.74, 6) is 0.00310. The molecule has 1 saturated heterocycles. The third kappa shape index (κ3) is 2.81. The minimum Gasteiger partial charge on any atom is -0.370 e. The van der Waals surface area contributed by atoms with Gasteiger partial charge in [-0.05, 0) is 5.92 Å². The van der Waals surface area contributed by atoms with Gasteiger partial charge in [-0.2, -0.15) is 0 Å². The van der Waals surface area contributed by atoms with Crippen molar-refractivity contribution in [1.82, 2.24) is 4.90 Å². The molecule has 1 heterocycles. The molecule has 0 bridgehead atoms. The molecule has 0 atom stereocenters. The monoisotopic (exact) mass is 185 g/mol. The van der Waals surface area contributed by atoms with E-state index >= 15 is 0 Å². The molecule has 4 nitrogen and oxygen atoms in total. The fourth-order valence-corrected chi connectivity index (χ4v) is 1.24. The van der Waals surface area contributed by atoms with Crippen LogP contribution in [0.3, 0.4) is 0 Å². The molecule has 1 rings (SSSR count). The van der Waals surface area contributed by atoms with E-state index in [-0.39, 0.29) is 18.4 Å². The lowest BCUT2D eigenvalue weighted by Gasteiger charge is -2.25. The van der Waals surface area contributed by atoms with Crippen LogP contribution in [-0.2, 0) is 14.3 Å². The zero-order chi connectivity index (χ0) is 9.84. The van der Waals surface area contributed by atoms with Crippen LogP contribution in [-0.4, -0.2) is 36.5 Å². The number of hydrogen-bond acceptors (Lipinski definition) is 3. The average molecular weight is 185 g/mol. The van der Waals surface area contributed by atoms with Crippen LogP contribution < -0.4 is 0 Å². The van der Waals surface area contributed by atoms with Gasteiger partial charge in [-0.25, -0.2) is 0 Å². The molecule has 74 valence electrons. The summed E-state index contributed by atoms with van der Waals surface area (Å²) >= 11 is 0. The summed E-state index contributed by atoms with van der Waals surface area (Å²) in [6.07, 6.45) is 0.436. The van der Waals surface area contributed by atoms with Gasteiger partial charge < -0.3 is 4.74 Å². The molecule has 4 heteroatoms. The lowest BCUT2D eigenvalue weighted by molar-refractivity contribution is -0.154. The van der Waals surface area contributed by atoms with Gasteiger partial charge in [0.1, 0.15) is 6.61 Å². The maximum absolute atomic E-state index is 11.5. The third-order valence-corrected chi connectivity index (χ3v) is 1.87. The molecule has 0 aromatic rings. The first-order valence-electron chi connectivity index (χ1n) is 4.52. The predicted octanol–water partition coefficient (Wildman–Crippen LogP) is 0.418. The van der Waals surface area contributed by atoms with Crippen LogP contribution in [0.25, 0.3) is 0 Å². The summed E-state index contributed by atoms with van der Waals surface area (Å²) in [6.45, 7) is 4.84. The summed E-state index contributed by atoms with van der Waals surface area (Å²) in [5, 5.41) is 0. The van der Waals surface area contributed by atoms with Crippen LogP contribution >= 0.6 is 0 Å². The van der Waals surface area contributed by atoms with Crippen molar-refractivity contribution in [2.45, 2.75) is 20.3 Å². The van der Waals surface area contributed by atoms with Crippen molar-refractivity contribution in [3.63, 3.8) is 0 Å². The van der Waals surface area contributed by atoms with Crippen LogP contribution in [0.1, 0.15) is 20.3 Å². The number of carbonyl (C=O) groups is 2. The second-order valence-electron chi connectivity index (χ2n) is 3.59. The fourth-order valence-electron chi connectivity index (χ4n) is 1.24. The molecular weight excluding hydrogens is 170 g/mol. The largest absolute Gasteiger partial charge is 0.370 e. The molecule has 2 amide bonds. The van der Waals surface area contributed by atoms with Gasteiger partial charge in [0.25, 0.3) is 5.91 Å². The molecule has 13 heavy (non-hydrogen) atoms. The number of morpholine rings is 1. The predicted molar refractivity (Wildman–Crippen MR) is 47.0 cm³/mol. The highest BCUT2D eigenvalue weighted by Crippen LogP contribution is 2.07. The summed E-state index contributed by atoms with van der Waals surface area (Å²) in [7, 11) is 0. The zero-order valence-corrected chi connectivity index (χ0v) is 8.08. The fraction of sp³-hybridized carbons (Fsp3) is 0.778. The molecule has 0 N–H and O–H groups in total. The normalized spacial score (nSPS) is 18.1. The van der Waals surface area contributed by atoms with E-state index in [1.54, 1.807) is 0 Å². The number of imide groups is 1.